The molecule has 0 amide bonds. The zero-order valence-electron chi connectivity index (χ0n) is 13.8. The number of aliphatic hydroxyl groups is 2. The summed E-state index contributed by atoms with van der Waals surface area (Å²) in [7, 11) is 0. The number of hydrogen-bond donors (Lipinski definition) is 3. The Labute approximate surface area is 134 Å². The Morgan fingerprint density at radius 3 is 2.45 bits per heavy atom. The first kappa shape index (κ1) is 20.9. The molecule has 2 atom stereocenters. The highest BCUT2D eigenvalue weighted by Gasteiger charge is 2.08. The zero-order valence-corrected chi connectivity index (χ0v) is 13.8. The lowest BCUT2D eigenvalue weighted by atomic mass is 10.0. The van der Waals surface area contributed by atoms with Gasteiger partial charge in [0.25, 0.3) is 0 Å². The maximum atomic E-state index is 10.4. The van der Waals surface area contributed by atoms with Gasteiger partial charge in [0.1, 0.15) is 0 Å². The number of carbonyl (C=O) groups is 1. The molecule has 0 aromatic rings. The average molecular weight is 312 g/mol. The fourth-order valence-corrected chi connectivity index (χ4v) is 2.13. The molecule has 4 nitrogen and oxygen atoms in total. The molecular formula is C18H32O4. The number of carboxylic acid groups (broad SMARTS) is 1. The van der Waals surface area contributed by atoms with Crippen LogP contribution in [0.4, 0.5) is 0 Å². The van der Waals surface area contributed by atoms with Crippen LogP contribution in [0.25, 0.3) is 0 Å². The van der Waals surface area contributed by atoms with E-state index in [2.05, 4.69) is 19.1 Å². The Bertz CT molecular complexity index is 323. The van der Waals surface area contributed by atoms with Gasteiger partial charge >= 0.3 is 5.97 Å². The van der Waals surface area contributed by atoms with Crippen molar-refractivity contribution in [3.8, 4) is 0 Å². The number of aliphatic carboxylic acids is 1. The highest BCUT2D eigenvalue weighted by atomic mass is 16.4. The molecule has 0 aliphatic carbocycles. The van der Waals surface area contributed by atoms with E-state index in [4.69, 9.17) is 5.11 Å². The van der Waals surface area contributed by atoms with Crippen LogP contribution in [0.1, 0.15) is 71.1 Å². The molecule has 0 bridgehead atoms. The van der Waals surface area contributed by atoms with Crippen LogP contribution in [0.2, 0.25) is 0 Å². The molecule has 0 fully saturated rings. The van der Waals surface area contributed by atoms with Gasteiger partial charge in [0.15, 0.2) is 0 Å². The van der Waals surface area contributed by atoms with E-state index in [1.54, 1.807) is 6.08 Å². The summed E-state index contributed by atoms with van der Waals surface area (Å²) in [6.45, 7) is 2.19. The molecule has 3 N–H and O–H groups in total. The van der Waals surface area contributed by atoms with Crippen LogP contribution in [0.15, 0.2) is 24.3 Å². The molecule has 0 saturated heterocycles. The van der Waals surface area contributed by atoms with E-state index >= 15 is 0 Å². The van der Waals surface area contributed by atoms with Crippen molar-refractivity contribution in [3.05, 3.63) is 24.3 Å². The van der Waals surface area contributed by atoms with Gasteiger partial charge in [-0.25, -0.2) is 0 Å². The van der Waals surface area contributed by atoms with Gasteiger partial charge in [-0.3, -0.25) is 4.79 Å². The van der Waals surface area contributed by atoms with Crippen LogP contribution in [0.5, 0.6) is 0 Å². The summed E-state index contributed by atoms with van der Waals surface area (Å²) in [4.78, 5) is 10.4. The SMILES string of the molecule is CCCCC/C=C\C/C=C\[C@H](O)CC[C@@H](O)CCCC(=O)O. The predicted octanol–water partition coefficient (Wildman–Crippen LogP) is 3.83. The minimum absolute atomic E-state index is 0.0874. The van der Waals surface area contributed by atoms with Gasteiger partial charge in [0.05, 0.1) is 12.2 Å². The van der Waals surface area contributed by atoms with Gasteiger partial charge < -0.3 is 15.3 Å². The molecule has 0 radical (unpaired) electrons. The molecule has 0 aliphatic rings. The average Bonchev–Trinajstić information content (AvgIpc) is 2.47. The number of allylic oxidation sites excluding steroid dienone is 3. The molecular weight excluding hydrogens is 280 g/mol. The standard InChI is InChI=1S/C18H32O4/c1-2-3-4-5-6-7-8-9-11-16(19)14-15-17(20)12-10-13-18(21)22/h6-7,9,11,16-17,19-20H,2-5,8,10,12-15H2,1H3,(H,21,22)/b7-6-,11-9-/t16-,17-/m0/s1. The molecule has 0 aliphatic heterocycles. The first-order valence-electron chi connectivity index (χ1n) is 8.45. The van der Waals surface area contributed by atoms with Crippen molar-refractivity contribution >= 4 is 5.97 Å². The molecule has 0 rings (SSSR count). The Kier molecular flexibility index (Phi) is 14.0. The number of hydrogen-bond acceptors (Lipinski definition) is 3. The van der Waals surface area contributed by atoms with E-state index < -0.39 is 18.2 Å². The Morgan fingerprint density at radius 2 is 1.77 bits per heavy atom. The molecule has 0 aromatic carbocycles. The minimum Gasteiger partial charge on any atom is -0.481 e. The van der Waals surface area contributed by atoms with Crippen molar-refractivity contribution in [2.75, 3.05) is 0 Å². The van der Waals surface area contributed by atoms with E-state index in [-0.39, 0.29) is 6.42 Å². The van der Waals surface area contributed by atoms with E-state index in [0.717, 1.165) is 12.8 Å². The second-order valence-corrected chi connectivity index (χ2v) is 5.72. The Morgan fingerprint density at radius 1 is 1.00 bits per heavy atom. The maximum Gasteiger partial charge on any atom is 0.303 e. The first-order chi connectivity index (χ1) is 10.6. The molecule has 128 valence electrons. The van der Waals surface area contributed by atoms with Crippen molar-refractivity contribution in [1.82, 2.24) is 0 Å². The van der Waals surface area contributed by atoms with E-state index in [9.17, 15) is 15.0 Å². The summed E-state index contributed by atoms with van der Waals surface area (Å²) < 4.78 is 0. The van der Waals surface area contributed by atoms with Gasteiger partial charge in [-0.2, -0.15) is 0 Å². The zero-order chi connectivity index (χ0) is 16.6. The maximum absolute atomic E-state index is 10.4. The van der Waals surface area contributed by atoms with Gasteiger partial charge in [0, 0.05) is 6.42 Å². The third-order valence-electron chi connectivity index (χ3n) is 3.50. The highest BCUT2D eigenvalue weighted by Crippen LogP contribution is 2.10. The van der Waals surface area contributed by atoms with Crippen LogP contribution >= 0.6 is 0 Å². The third-order valence-corrected chi connectivity index (χ3v) is 3.50. The second kappa shape index (κ2) is 14.8. The summed E-state index contributed by atoms with van der Waals surface area (Å²) in [5, 5.41) is 28.0. The fourth-order valence-electron chi connectivity index (χ4n) is 2.13. The molecule has 22 heavy (non-hydrogen) atoms. The summed E-state index contributed by atoms with van der Waals surface area (Å²) in [6, 6.07) is 0. The molecule has 0 aromatic heterocycles. The lowest BCUT2D eigenvalue weighted by Gasteiger charge is -2.11. The van der Waals surface area contributed by atoms with Crippen LogP contribution in [0.3, 0.4) is 0 Å². The molecule has 4 heteroatoms. The van der Waals surface area contributed by atoms with Crippen molar-refractivity contribution < 1.29 is 20.1 Å². The van der Waals surface area contributed by atoms with Crippen molar-refractivity contribution in [2.24, 2.45) is 0 Å². The molecule has 0 unspecified atom stereocenters. The first-order valence-corrected chi connectivity index (χ1v) is 8.45. The number of carboxylic acids is 1. The highest BCUT2D eigenvalue weighted by molar-refractivity contribution is 5.66. The summed E-state index contributed by atoms with van der Waals surface area (Å²) in [5.74, 6) is -0.835. The van der Waals surface area contributed by atoms with Crippen molar-refractivity contribution in [1.29, 1.82) is 0 Å². The fraction of sp³-hybridized carbons (Fsp3) is 0.722. The monoisotopic (exact) mass is 312 g/mol. The molecule has 0 heterocycles. The third kappa shape index (κ3) is 15.3. The lowest BCUT2D eigenvalue weighted by molar-refractivity contribution is -0.137. The van der Waals surface area contributed by atoms with E-state index in [0.29, 0.717) is 25.7 Å². The van der Waals surface area contributed by atoms with Crippen LogP contribution in [-0.2, 0) is 4.79 Å². The van der Waals surface area contributed by atoms with Crippen molar-refractivity contribution in [3.63, 3.8) is 0 Å². The molecule has 0 spiro atoms. The van der Waals surface area contributed by atoms with Crippen LogP contribution in [-0.4, -0.2) is 33.5 Å². The second-order valence-electron chi connectivity index (χ2n) is 5.72. The molecule has 0 saturated carbocycles. The number of rotatable bonds is 14. The van der Waals surface area contributed by atoms with E-state index in [1.165, 1.54) is 19.3 Å². The summed E-state index contributed by atoms with van der Waals surface area (Å²) in [5.41, 5.74) is 0. The van der Waals surface area contributed by atoms with Crippen LogP contribution in [0, 0.1) is 0 Å². The van der Waals surface area contributed by atoms with Gasteiger partial charge in [-0.15, -0.1) is 0 Å². The number of aliphatic hydroxyl groups excluding tert-OH is 2. The smallest absolute Gasteiger partial charge is 0.303 e. The quantitative estimate of drug-likeness (QED) is 0.336. The number of unbranched alkanes of at least 4 members (excludes halogenated alkanes) is 3. The largest absolute Gasteiger partial charge is 0.481 e. The Balaban J connectivity index is 3.60. The topological polar surface area (TPSA) is 77.8 Å². The summed E-state index contributed by atoms with van der Waals surface area (Å²) >= 11 is 0. The van der Waals surface area contributed by atoms with Crippen molar-refractivity contribution in [2.45, 2.75) is 83.3 Å². The summed E-state index contributed by atoms with van der Waals surface area (Å²) in [6.07, 6.45) is 14.7. The van der Waals surface area contributed by atoms with Gasteiger partial charge in [-0.1, -0.05) is 44.1 Å². The van der Waals surface area contributed by atoms with Gasteiger partial charge in [0.2, 0.25) is 0 Å². The predicted molar refractivity (Wildman–Crippen MR) is 89.8 cm³/mol. The van der Waals surface area contributed by atoms with Crippen LogP contribution < -0.4 is 0 Å². The Hall–Kier alpha value is -1.13. The normalized spacial score (nSPS) is 14.7. The van der Waals surface area contributed by atoms with E-state index in [1.807, 2.05) is 6.08 Å². The minimum atomic E-state index is -0.835. The lowest BCUT2D eigenvalue weighted by Crippen LogP contribution is -2.12. The van der Waals surface area contributed by atoms with Gasteiger partial charge in [-0.05, 0) is 44.9 Å².